The van der Waals surface area contributed by atoms with E-state index < -0.39 is 0 Å². The number of carbonyl (C=O) groups is 1. The molecule has 0 saturated carbocycles. The molecule has 0 bridgehead atoms. The number of ketones is 1. The summed E-state index contributed by atoms with van der Waals surface area (Å²) in [7, 11) is 0. The molecule has 1 atom stereocenters. The Kier molecular flexibility index (Phi) is 3.19. The molecule has 0 aromatic carbocycles. The second-order valence-electron chi connectivity index (χ2n) is 3.78. The number of hydrogen-bond acceptors (Lipinski definition) is 4. The van der Waals surface area contributed by atoms with Gasteiger partial charge in [-0.15, -0.1) is 11.3 Å². The standard InChI is InChI=1S/C12H13NO2S/c1-8(5-10-7-16-9(2)13-10)12-6-11(14)3-4-15-12/h3-5,7,12H,6H2,1-2H3/b8-5+/t12-/m0/s1. The normalized spacial score (nSPS) is 21.0. The zero-order valence-corrected chi connectivity index (χ0v) is 10.1. The second-order valence-corrected chi connectivity index (χ2v) is 4.84. The number of aromatic nitrogens is 1. The van der Waals surface area contributed by atoms with Gasteiger partial charge in [-0.1, -0.05) is 0 Å². The van der Waals surface area contributed by atoms with Crippen molar-refractivity contribution in [3.63, 3.8) is 0 Å². The summed E-state index contributed by atoms with van der Waals surface area (Å²) in [6.07, 6.45) is 5.19. The number of ether oxygens (including phenoxy) is 1. The van der Waals surface area contributed by atoms with Crippen LogP contribution >= 0.6 is 11.3 Å². The van der Waals surface area contributed by atoms with E-state index in [1.807, 2.05) is 25.3 Å². The molecule has 1 aromatic heterocycles. The van der Waals surface area contributed by atoms with Crippen LogP contribution in [0.25, 0.3) is 6.08 Å². The van der Waals surface area contributed by atoms with Crippen LogP contribution in [0.1, 0.15) is 24.0 Å². The highest BCUT2D eigenvalue weighted by molar-refractivity contribution is 7.09. The van der Waals surface area contributed by atoms with E-state index in [1.165, 1.54) is 12.3 Å². The van der Waals surface area contributed by atoms with E-state index in [0.717, 1.165) is 16.3 Å². The maximum absolute atomic E-state index is 11.2. The molecule has 4 heteroatoms. The van der Waals surface area contributed by atoms with Crippen LogP contribution in [0.4, 0.5) is 0 Å². The smallest absolute Gasteiger partial charge is 0.162 e. The zero-order valence-electron chi connectivity index (χ0n) is 9.27. The molecule has 1 aromatic rings. The van der Waals surface area contributed by atoms with Crippen molar-refractivity contribution in [2.45, 2.75) is 26.4 Å². The quantitative estimate of drug-likeness (QED) is 0.791. The van der Waals surface area contributed by atoms with Gasteiger partial charge in [-0.25, -0.2) is 4.98 Å². The van der Waals surface area contributed by atoms with E-state index in [9.17, 15) is 4.79 Å². The Morgan fingerprint density at radius 2 is 2.50 bits per heavy atom. The van der Waals surface area contributed by atoms with Crippen molar-refractivity contribution in [3.8, 4) is 0 Å². The number of carbonyl (C=O) groups excluding carboxylic acids is 1. The highest BCUT2D eigenvalue weighted by Gasteiger charge is 2.18. The summed E-state index contributed by atoms with van der Waals surface area (Å²) < 4.78 is 5.40. The Morgan fingerprint density at radius 3 is 3.12 bits per heavy atom. The Bertz CT molecular complexity index is 459. The monoisotopic (exact) mass is 235 g/mol. The van der Waals surface area contributed by atoms with E-state index in [1.54, 1.807) is 11.3 Å². The molecule has 0 spiro atoms. The highest BCUT2D eigenvalue weighted by atomic mass is 32.1. The first kappa shape index (κ1) is 11.1. The second kappa shape index (κ2) is 4.61. The maximum Gasteiger partial charge on any atom is 0.162 e. The van der Waals surface area contributed by atoms with Gasteiger partial charge in [0.05, 0.1) is 23.4 Å². The number of allylic oxidation sites excluding steroid dienone is 1. The molecular formula is C12H13NO2S. The van der Waals surface area contributed by atoms with E-state index in [0.29, 0.717) is 6.42 Å². The van der Waals surface area contributed by atoms with Crippen molar-refractivity contribution in [2.24, 2.45) is 0 Å². The first-order chi connectivity index (χ1) is 7.65. The lowest BCUT2D eigenvalue weighted by Gasteiger charge is -2.19. The molecule has 1 aliphatic rings. The Labute approximate surface area is 98.5 Å². The van der Waals surface area contributed by atoms with Gasteiger partial charge >= 0.3 is 0 Å². The number of nitrogens with zero attached hydrogens (tertiary/aromatic N) is 1. The largest absolute Gasteiger partial charge is 0.493 e. The molecule has 0 unspecified atom stereocenters. The molecule has 1 aliphatic heterocycles. The van der Waals surface area contributed by atoms with Crippen molar-refractivity contribution in [3.05, 3.63) is 34.0 Å². The summed E-state index contributed by atoms with van der Waals surface area (Å²) in [5.41, 5.74) is 1.97. The molecule has 2 rings (SSSR count). The Hall–Kier alpha value is -1.42. The third kappa shape index (κ3) is 2.58. The Balaban J connectivity index is 2.12. The molecule has 0 aliphatic carbocycles. The summed E-state index contributed by atoms with van der Waals surface area (Å²) in [5, 5.41) is 3.04. The van der Waals surface area contributed by atoms with Gasteiger partial charge in [0.25, 0.3) is 0 Å². The van der Waals surface area contributed by atoms with Gasteiger partial charge in [0.15, 0.2) is 5.78 Å². The van der Waals surface area contributed by atoms with E-state index in [-0.39, 0.29) is 11.9 Å². The van der Waals surface area contributed by atoms with Gasteiger partial charge < -0.3 is 4.74 Å². The third-order valence-corrected chi connectivity index (χ3v) is 3.20. The molecule has 3 nitrogen and oxygen atoms in total. The summed E-state index contributed by atoms with van der Waals surface area (Å²) in [6.45, 7) is 3.94. The van der Waals surface area contributed by atoms with Crippen LogP contribution in [0.5, 0.6) is 0 Å². The minimum absolute atomic E-state index is 0.110. The molecule has 2 heterocycles. The number of thiazole rings is 1. The van der Waals surface area contributed by atoms with Gasteiger partial charge in [-0.3, -0.25) is 4.79 Å². The molecule has 0 amide bonds. The van der Waals surface area contributed by atoms with Crippen molar-refractivity contribution >= 4 is 23.2 Å². The van der Waals surface area contributed by atoms with E-state index in [4.69, 9.17) is 4.74 Å². The highest BCUT2D eigenvalue weighted by Crippen LogP contribution is 2.19. The number of aryl methyl sites for hydroxylation is 1. The molecule has 0 fully saturated rings. The van der Waals surface area contributed by atoms with Crippen LogP contribution in [0, 0.1) is 6.92 Å². The molecular weight excluding hydrogens is 222 g/mol. The van der Waals surface area contributed by atoms with Crippen molar-refractivity contribution in [1.82, 2.24) is 4.98 Å². The first-order valence-electron chi connectivity index (χ1n) is 5.10. The van der Waals surface area contributed by atoms with Crippen LogP contribution < -0.4 is 0 Å². The molecule has 0 N–H and O–H groups in total. The fraction of sp³-hybridized carbons (Fsp3) is 0.333. The predicted molar refractivity (Wildman–Crippen MR) is 64.1 cm³/mol. The SMILES string of the molecule is C/C(=C\c1csc(C)n1)[C@@H]1CC(=O)C=CO1. The zero-order chi connectivity index (χ0) is 11.5. The van der Waals surface area contributed by atoms with Gasteiger partial charge in [0, 0.05) is 11.5 Å². The first-order valence-corrected chi connectivity index (χ1v) is 5.98. The molecule has 0 radical (unpaired) electrons. The van der Waals surface area contributed by atoms with Gasteiger partial charge in [-0.2, -0.15) is 0 Å². The molecule has 16 heavy (non-hydrogen) atoms. The number of hydrogen-bond donors (Lipinski definition) is 0. The summed E-state index contributed by atoms with van der Waals surface area (Å²) >= 11 is 1.62. The molecule has 84 valence electrons. The van der Waals surface area contributed by atoms with E-state index in [2.05, 4.69) is 4.98 Å². The minimum Gasteiger partial charge on any atom is -0.493 e. The lowest BCUT2D eigenvalue weighted by atomic mass is 10.0. The van der Waals surface area contributed by atoms with Crippen LogP contribution in [-0.2, 0) is 9.53 Å². The summed E-state index contributed by atoms with van der Waals surface area (Å²) in [4.78, 5) is 15.6. The molecule has 0 saturated heterocycles. The van der Waals surface area contributed by atoms with E-state index >= 15 is 0 Å². The third-order valence-electron chi connectivity index (χ3n) is 2.40. The average Bonchev–Trinajstić information content (AvgIpc) is 2.64. The lowest BCUT2D eigenvalue weighted by Crippen LogP contribution is -2.19. The van der Waals surface area contributed by atoms with Crippen molar-refractivity contribution in [1.29, 1.82) is 0 Å². The average molecular weight is 235 g/mol. The maximum atomic E-state index is 11.2. The number of rotatable bonds is 2. The summed E-state index contributed by atoms with van der Waals surface area (Å²) in [5.74, 6) is 0.110. The van der Waals surface area contributed by atoms with Crippen LogP contribution in [0.2, 0.25) is 0 Å². The minimum atomic E-state index is -0.139. The van der Waals surface area contributed by atoms with Crippen molar-refractivity contribution in [2.75, 3.05) is 0 Å². The lowest BCUT2D eigenvalue weighted by molar-refractivity contribution is -0.117. The van der Waals surface area contributed by atoms with Gasteiger partial charge in [0.1, 0.15) is 6.10 Å². The van der Waals surface area contributed by atoms with Crippen LogP contribution in [-0.4, -0.2) is 16.9 Å². The van der Waals surface area contributed by atoms with Crippen molar-refractivity contribution < 1.29 is 9.53 Å². The van der Waals surface area contributed by atoms with Gasteiger partial charge in [-0.05, 0) is 25.5 Å². The van der Waals surface area contributed by atoms with Crippen LogP contribution in [0.15, 0.2) is 23.3 Å². The Morgan fingerprint density at radius 1 is 1.69 bits per heavy atom. The predicted octanol–water partition coefficient (Wildman–Crippen LogP) is 2.73. The summed E-state index contributed by atoms with van der Waals surface area (Å²) in [6, 6.07) is 0. The topological polar surface area (TPSA) is 39.2 Å². The van der Waals surface area contributed by atoms with Gasteiger partial charge in [0.2, 0.25) is 0 Å². The van der Waals surface area contributed by atoms with Crippen LogP contribution in [0.3, 0.4) is 0 Å². The fourth-order valence-corrected chi connectivity index (χ4v) is 2.12. The fourth-order valence-electron chi connectivity index (χ4n) is 1.55.